The maximum atomic E-state index is 12.4. The average molecular weight is 291 g/mol. The molecule has 3 rings (SSSR count). The van der Waals surface area contributed by atoms with Gasteiger partial charge in [-0.1, -0.05) is 32.1 Å². The molecule has 0 radical (unpaired) electrons. The molecule has 0 spiro atoms. The van der Waals surface area contributed by atoms with Gasteiger partial charge in [0.05, 0.1) is 12.7 Å². The molecule has 0 bridgehead atoms. The topological polar surface area (TPSA) is 58.2 Å². The quantitative estimate of drug-likeness (QED) is 0.931. The zero-order valence-electron chi connectivity index (χ0n) is 12.8. The summed E-state index contributed by atoms with van der Waals surface area (Å²) in [5.74, 6) is 0.808. The van der Waals surface area contributed by atoms with Gasteiger partial charge in [0.25, 0.3) is 5.91 Å². The zero-order chi connectivity index (χ0) is 14.7. The number of carbonyl (C=O) groups is 1. The van der Waals surface area contributed by atoms with Gasteiger partial charge in [-0.05, 0) is 25.3 Å². The Morgan fingerprint density at radius 3 is 2.95 bits per heavy atom. The van der Waals surface area contributed by atoms with Crippen molar-refractivity contribution in [3.05, 3.63) is 17.5 Å². The van der Waals surface area contributed by atoms with Gasteiger partial charge in [-0.25, -0.2) is 0 Å². The molecule has 1 saturated heterocycles. The number of aryl methyl sites for hydroxylation is 1. The Bertz CT molecular complexity index is 480. The van der Waals surface area contributed by atoms with Gasteiger partial charge in [0.2, 0.25) is 0 Å². The fourth-order valence-corrected chi connectivity index (χ4v) is 3.53. The van der Waals surface area contributed by atoms with Gasteiger partial charge in [0.1, 0.15) is 5.69 Å². The van der Waals surface area contributed by atoms with E-state index < -0.39 is 0 Å². The lowest BCUT2D eigenvalue weighted by Gasteiger charge is -2.35. The number of H-pyrrole nitrogens is 1. The monoisotopic (exact) mass is 291 g/mol. The lowest BCUT2D eigenvalue weighted by Crippen LogP contribution is -2.46. The molecule has 2 heterocycles. The molecule has 1 aliphatic carbocycles. The summed E-state index contributed by atoms with van der Waals surface area (Å²) in [6.07, 6.45) is 8.04. The minimum atomic E-state index is 0.0243. The Balaban J connectivity index is 1.56. The summed E-state index contributed by atoms with van der Waals surface area (Å²) >= 11 is 0. The van der Waals surface area contributed by atoms with Crippen LogP contribution >= 0.6 is 0 Å². The van der Waals surface area contributed by atoms with Crippen LogP contribution in [0.2, 0.25) is 0 Å². The standard InChI is InChI=1S/C16H25N3O2/c1-12-9-15(18-17-12)16(20)19-7-8-21-14(11-19)10-13-5-3-2-4-6-13/h9,13-14H,2-8,10-11H2,1H3,(H,17,18). The fraction of sp³-hybridized carbons (Fsp3) is 0.750. The molecule has 1 aromatic heterocycles. The van der Waals surface area contributed by atoms with Gasteiger partial charge in [0.15, 0.2) is 0 Å². The van der Waals surface area contributed by atoms with Crippen LogP contribution in [0.15, 0.2) is 6.07 Å². The molecule has 1 aromatic rings. The first-order valence-electron chi connectivity index (χ1n) is 8.15. The third-order valence-corrected chi connectivity index (χ3v) is 4.67. The maximum Gasteiger partial charge on any atom is 0.274 e. The Labute approximate surface area is 126 Å². The van der Waals surface area contributed by atoms with Crippen molar-refractivity contribution in [2.24, 2.45) is 5.92 Å². The van der Waals surface area contributed by atoms with Crippen molar-refractivity contribution in [1.29, 1.82) is 0 Å². The molecule has 21 heavy (non-hydrogen) atoms. The van der Waals surface area contributed by atoms with Crippen LogP contribution in [0.1, 0.15) is 54.7 Å². The molecule has 2 aliphatic rings. The minimum absolute atomic E-state index is 0.0243. The van der Waals surface area contributed by atoms with Gasteiger partial charge in [-0.2, -0.15) is 5.10 Å². The van der Waals surface area contributed by atoms with Gasteiger partial charge in [-0.3, -0.25) is 9.89 Å². The first-order valence-corrected chi connectivity index (χ1v) is 8.15. The van der Waals surface area contributed by atoms with Crippen LogP contribution in [0, 0.1) is 12.8 Å². The van der Waals surface area contributed by atoms with Gasteiger partial charge >= 0.3 is 0 Å². The second-order valence-corrected chi connectivity index (χ2v) is 6.42. The second-order valence-electron chi connectivity index (χ2n) is 6.42. The molecule has 116 valence electrons. The van der Waals surface area contributed by atoms with Crippen LogP contribution in [0.3, 0.4) is 0 Å². The Morgan fingerprint density at radius 2 is 2.24 bits per heavy atom. The zero-order valence-corrected chi connectivity index (χ0v) is 12.8. The lowest BCUT2D eigenvalue weighted by atomic mass is 9.85. The normalized spacial score (nSPS) is 24.2. The number of aromatic nitrogens is 2. The van der Waals surface area contributed by atoms with E-state index >= 15 is 0 Å². The van der Waals surface area contributed by atoms with Crippen molar-refractivity contribution in [3.63, 3.8) is 0 Å². The predicted molar refractivity (Wildman–Crippen MR) is 80.2 cm³/mol. The number of hydrogen-bond donors (Lipinski definition) is 1. The van der Waals surface area contributed by atoms with Crippen molar-refractivity contribution in [3.8, 4) is 0 Å². The number of aromatic amines is 1. The highest BCUT2D eigenvalue weighted by Gasteiger charge is 2.28. The highest BCUT2D eigenvalue weighted by molar-refractivity contribution is 5.92. The SMILES string of the molecule is Cc1cc(C(=O)N2CCOC(CC3CCCCC3)C2)n[nH]1. The van der Waals surface area contributed by atoms with E-state index in [2.05, 4.69) is 10.2 Å². The van der Waals surface area contributed by atoms with Crippen molar-refractivity contribution in [2.45, 2.75) is 51.6 Å². The third-order valence-electron chi connectivity index (χ3n) is 4.67. The Hall–Kier alpha value is -1.36. The minimum Gasteiger partial charge on any atom is -0.375 e. The van der Waals surface area contributed by atoms with Crippen LogP contribution in [-0.2, 0) is 4.74 Å². The number of nitrogens with one attached hydrogen (secondary N) is 1. The average Bonchev–Trinajstić information content (AvgIpc) is 2.94. The van der Waals surface area contributed by atoms with E-state index in [0.29, 0.717) is 25.4 Å². The molecule has 1 N–H and O–H groups in total. The van der Waals surface area contributed by atoms with E-state index in [1.165, 1.54) is 32.1 Å². The van der Waals surface area contributed by atoms with Crippen molar-refractivity contribution < 1.29 is 9.53 Å². The summed E-state index contributed by atoms with van der Waals surface area (Å²) in [4.78, 5) is 14.3. The number of ether oxygens (including phenoxy) is 1. The number of amides is 1. The first kappa shape index (κ1) is 14.6. The fourth-order valence-electron chi connectivity index (χ4n) is 3.53. The van der Waals surface area contributed by atoms with E-state index in [9.17, 15) is 4.79 Å². The predicted octanol–water partition coefficient (Wildman–Crippen LogP) is 2.53. The summed E-state index contributed by atoms with van der Waals surface area (Å²) in [5.41, 5.74) is 1.44. The molecule has 1 amide bonds. The summed E-state index contributed by atoms with van der Waals surface area (Å²) in [6.45, 7) is 3.94. The number of rotatable bonds is 3. The summed E-state index contributed by atoms with van der Waals surface area (Å²) in [6, 6.07) is 1.81. The molecule has 5 nitrogen and oxygen atoms in total. The summed E-state index contributed by atoms with van der Waals surface area (Å²) in [7, 11) is 0. The molecule has 1 saturated carbocycles. The maximum absolute atomic E-state index is 12.4. The summed E-state index contributed by atoms with van der Waals surface area (Å²) < 4.78 is 5.88. The van der Waals surface area contributed by atoms with E-state index in [-0.39, 0.29) is 12.0 Å². The van der Waals surface area contributed by atoms with E-state index in [1.54, 1.807) is 0 Å². The molecule has 5 heteroatoms. The lowest BCUT2D eigenvalue weighted by molar-refractivity contribution is -0.0338. The second kappa shape index (κ2) is 6.60. The highest BCUT2D eigenvalue weighted by Crippen LogP contribution is 2.29. The molecular formula is C16H25N3O2. The van der Waals surface area contributed by atoms with Crippen LogP contribution in [0.4, 0.5) is 0 Å². The molecule has 2 fully saturated rings. The van der Waals surface area contributed by atoms with Crippen LogP contribution in [-0.4, -0.2) is 46.8 Å². The third kappa shape index (κ3) is 3.64. The van der Waals surface area contributed by atoms with Crippen molar-refractivity contribution in [2.75, 3.05) is 19.7 Å². The molecule has 1 aliphatic heterocycles. The van der Waals surface area contributed by atoms with Crippen LogP contribution in [0.5, 0.6) is 0 Å². The largest absolute Gasteiger partial charge is 0.375 e. The van der Waals surface area contributed by atoms with Gasteiger partial charge in [0, 0.05) is 18.8 Å². The van der Waals surface area contributed by atoms with E-state index in [1.807, 2.05) is 17.9 Å². The first-order chi connectivity index (χ1) is 10.2. The Kier molecular flexibility index (Phi) is 4.58. The Morgan fingerprint density at radius 1 is 1.43 bits per heavy atom. The summed E-state index contributed by atoms with van der Waals surface area (Å²) in [5, 5.41) is 6.91. The van der Waals surface area contributed by atoms with Crippen LogP contribution < -0.4 is 0 Å². The molecule has 1 atom stereocenters. The van der Waals surface area contributed by atoms with Gasteiger partial charge in [-0.15, -0.1) is 0 Å². The van der Waals surface area contributed by atoms with Crippen molar-refractivity contribution >= 4 is 5.91 Å². The molecule has 1 unspecified atom stereocenters. The van der Waals surface area contributed by atoms with Gasteiger partial charge < -0.3 is 9.64 Å². The van der Waals surface area contributed by atoms with Crippen LogP contribution in [0.25, 0.3) is 0 Å². The molecular weight excluding hydrogens is 266 g/mol. The smallest absolute Gasteiger partial charge is 0.274 e. The van der Waals surface area contributed by atoms with E-state index in [0.717, 1.165) is 18.0 Å². The number of carbonyl (C=O) groups excluding carboxylic acids is 1. The number of morpholine rings is 1. The molecule has 0 aromatic carbocycles. The number of hydrogen-bond acceptors (Lipinski definition) is 3. The highest BCUT2D eigenvalue weighted by atomic mass is 16.5. The van der Waals surface area contributed by atoms with E-state index in [4.69, 9.17) is 4.74 Å². The van der Waals surface area contributed by atoms with Crippen molar-refractivity contribution in [1.82, 2.24) is 15.1 Å². The number of nitrogens with zero attached hydrogens (tertiary/aromatic N) is 2.